The zero-order chi connectivity index (χ0) is 26.3. The van der Waals surface area contributed by atoms with E-state index in [0.29, 0.717) is 11.2 Å². The molecule has 1 aromatic carbocycles. The summed E-state index contributed by atoms with van der Waals surface area (Å²) in [5.74, 6) is -5.04. The molecule has 3 aromatic rings. The van der Waals surface area contributed by atoms with Crippen LogP contribution in [-0.4, -0.2) is 45.8 Å². The third-order valence-electron chi connectivity index (χ3n) is 5.98. The summed E-state index contributed by atoms with van der Waals surface area (Å²) in [5, 5.41) is 3.32. The number of halogens is 6. The van der Waals surface area contributed by atoms with Gasteiger partial charge in [0, 0.05) is 24.7 Å². The number of carbonyl (C=O) groups excluding carboxylic acids is 1. The number of rotatable bonds is 5. The molecular weight excluding hydrogens is 506 g/mol. The summed E-state index contributed by atoms with van der Waals surface area (Å²) >= 11 is 1.09. The van der Waals surface area contributed by atoms with Crippen LogP contribution in [0.4, 0.5) is 32.2 Å². The third kappa shape index (κ3) is 5.48. The van der Waals surface area contributed by atoms with Crippen molar-refractivity contribution in [3.05, 3.63) is 64.7 Å². The number of aryl methyl sites for hydroxylation is 1. The van der Waals surface area contributed by atoms with E-state index >= 15 is 0 Å². The third-order valence-corrected chi connectivity index (χ3v) is 6.98. The molecule has 0 aliphatic carbocycles. The van der Waals surface area contributed by atoms with E-state index in [0.717, 1.165) is 28.4 Å². The molecule has 4 rings (SSSR count). The first-order valence-corrected chi connectivity index (χ1v) is 11.9. The fraction of sp³-hybridized carbons (Fsp3) is 0.375. The minimum atomic E-state index is -4.54. The van der Waals surface area contributed by atoms with Gasteiger partial charge in [-0.3, -0.25) is 4.79 Å². The second-order valence-electron chi connectivity index (χ2n) is 8.74. The predicted octanol–water partition coefficient (Wildman–Crippen LogP) is 6.27. The molecule has 0 bridgehead atoms. The van der Waals surface area contributed by atoms with Crippen LogP contribution in [0.25, 0.3) is 10.4 Å². The summed E-state index contributed by atoms with van der Waals surface area (Å²) in [6.07, 6.45) is -4.35. The standard InChI is InChI=1S/C24H22F6N4OS/c1-13-9-23(26,27)12-34(18(13)11-32-19-8-7-15(10-31-19)24(28,29)30)22(35)20-21(36-14(2)33-20)16-5-3-4-6-17(16)25/h3-8,10,13,18H,9,11-12H2,1-2H3,(H,31,32)/t13-,18?/m1/s1. The molecule has 2 aromatic heterocycles. The van der Waals surface area contributed by atoms with Crippen molar-refractivity contribution in [3.8, 4) is 10.4 Å². The van der Waals surface area contributed by atoms with Crippen molar-refractivity contribution in [2.75, 3.05) is 18.4 Å². The molecule has 1 unspecified atom stereocenters. The second kappa shape index (κ2) is 9.72. The molecule has 1 fully saturated rings. The maximum absolute atomic E-state index is 14.6. The van der Waals surface area contributed by atoms with Gasteiger partial charge in [0.25, 0.3) is 11.8 Å². The zero-order valence-corrected chi connectivity index (χ0v) is 20.1. The summed E-state index contributed by atoms with van der Waals surface area (Å²) < 4.78 is 82.0. The Labute approximate surface area is 207 Å². The molecule has 0 spiro atoms. The smallest absolute Gasteiger partial charge is 0.368 e. The van der Waals surface area contributed by atoms with Gasteiger partial charge in [-0.1, -0.05) is 25.1 Å². The molecule has 192 valence electrons. The van der Waals surface area contributed by atoms with E-state index in [1.807, 2.05) is 0 Å². The average molecular weight is 529 g/mol. The maximum Gasteiger partial charge on any atom is 0.417 e. The highest BCUT2D eigenvalue weighted by Gasteiger charge is 2.47. The molecular formula is C24H22F6N4OS. The molecule has 1 amide bonds. The highest BCUT2D eigenvalue weighted by atomic mass is 32.1. The van der Waals surface area contributed by atoms with E-state index in [1.165, 1.54) is 18.2 Å². The van der Waals surface area contributed by atoms with Crippen LogP contribution in [0, 0.1) is 18.7 Å². The zero-order valence-electron chi connectivity index (χ0n) is 19.2. The lowest BCUT2D eigenvalue weighted by molar-refractivity contribution is -0.137. The fourth-order valence-corrected chi connectivity index (χ4v) is 5.23. The van der Waals surface area contributed by atoms with Crippen LogP contribution in [0.1, 0.15) is 34.4 Å². The fourth-order valence-electron chi connectivity index (χ4n) is 4.29. The monoisotopic (exact) mass is 528 g/mol. The number of nitrogens with zero attached hydrogens (tertiary/aromatic N) is 3. The van der Waals surface area contributed by atoms with Crippen molar-refractivity contribution >= 4 is 23.1 Å². The number of anilines is 1. The number of hydrogen-bond donors (Lipinski definition) is 1. The molecule has 0 radical (unpaired) electrons. The van der Waals surface area contributed by atoms with Gasteiger partial charge in [0.15, 0.2) is 0 Å². The van der Waals surface area contributed by atoms with Crippen LogP contribution >= 0.6 is 11.3 Å². The van der Waals surface area contributed by atoms with Gasteiger partial charge < -0.3 is 10.2 Å². The lowest BCUT2D eigenvalue weighted by atomic mass is 9.88. The average Bonchev–Trinajstić information content (AvgIpc) is 3.18. The normalized spacial score (nSPS) is 19.8. The number of piperidine rings is 1. The highest BCUT2D eigenvalue weighted by Crippen LogP contribution is 2.38. The van der Waals surface area contributed by atoms with Gasteiger partial charge in [0.05, 0.1) is 28.0 Å². The van der Waals surface area contributed by atoms with Crippen LogP contribution in [0.15, 0.2) is 42.6 Å². The summed E-state index contributed by atoms with van der Waals surface area (Å²) in [5.41, 5.74) is -0.896. The molecule has 1 aliphatic rings. The van der Waals surface area contributed by atoms with E-state index < -0.39 is 54.3 Å². The van der Waals surface area contributed by atoms with Crippen LogP contribution in [0.3, 0.4) is 0 Å². The molecule has 36 heavy (non-hydrogen) atoms. The van der Waals surface area contributed by atoms with E-state index in [4.69, 9.17) is 0 Å². The molecule has 3 heterocycles. The first kappa shape index (κ1) is 25.9. The topological polar surface area (TPSA) is 58.1 Å². The molecule has 5 nitrogen and oxygen atoms in total. The number of thiazole rings is 1. The summed E-state index contributed by atoms with van der Waals surface area (Å²) in [7, 11) is 0. The van der Waals surface area contributed by atoms with Gasteiger partial charge in [0.2, 0.25) is 0 Å². The molecule has 1 saturated heterocycles. The Kier molecular flexibility index (Phi) is 7.00. The van der Waals surface area contributed by atoms with Crippen molar-refractivity contribution in [1.29, 1.82) is 0 Å². The molecule has 0 saturated carbocycles. The van der Waals surface area contributed by atoms with Crippen molar-refractivity contribution in [1.82, 2.24) is 14.9 Å². The largest absolute Gasteiger partial charge is 0.417 e. The summed E-state index contributed by atoms with van der Waals surface area (Å²) in [4.78, 5) is 22.8. The number of benzene rings is 1. The van der Waals surface area contributed by atoms with Crippen LogP contribution in [0.5, 0.6) is 0 Å². The van der Waals surface area contributed by atoms with Crippen molar-refractivity contribution in [2.45, 2.75) is 38.4 Å². The number of hydrogen-bond acceptors (Lipinski definition) is 5. The number of likely N-dealkylation sites (tertiary alicyclic amines) is 1. The first-order valence-electron chi connectivity index (χ1n) is 11.0. The molecule has 12 heteroatoms. The van der Waals surface area contributed by atoms with Gasteiger partial charge in [-0.05, 0) is 31.0 Å². The van der Waals surface area contributed by atoms with Gasteiger partial charge in [0.1, 0.15) is 17.3 Å². The SMILES string of the molecule is Cc1nc(C(=O)N2CC(F)(F)C[C@@H](C)C2CNc2ccc(C(F)(F)F)cn2)c(-c2ccccc2F)s1. The van der Waals surface area contributed by atoms with Crippen molar-refractivity contribution in [2.24, 2.45) is 5.92 Å². The van der Waals surface area contributed by atoms with Crippen molar-refractivity contribution < 1.29 is 31.1 Å². The Balaban J connectivity index is 1.62. The Bertz CT molecular complexity index is 1240. The quantitative estimate of drug-likeness (QED) is 0.397. The van der Waals surface area contributed by atoms with E-state index in [1.54, 1.807) is 19.9 Å². The molecule has 1 N–H and O–H groups in total. The Morgan fingerprint density at radius 3 is 2.58 bits per heavy atom. The van der Waals surface area contributed by atoms with Crippen LogP contribution < -0.4 is 5.32 Å². The number of amides is 1. The Morgan fingerprint density at radius 1 is 1.22 bits per heavy atom. The van der Waals surface area contributed by atoms with Crippen molar-refractivity contribution in [3.63, 3.8) is 0 Å². The lowest BCUT2D eigenvalue weighted by Crippen LogP contribution is -2.57. The van der Waals surface area contributed by atoms with E-state index in [9.17, 15) is 31.1 Å². The van der Waals surface area contributed by atoms with Gasteiger partial charge in [-0.25, -0.2) is 23.1 Å². The highest BCUT2D eigenvalue weighted by molar-refractivity contribution is 7.15. The van der Waals surface area contributed by atoms with E-state index in [-0.39, 0.29) is 28.5 Å². The predicted molar refractivity (Wildman–Crippen MR) is 124 cm³/mol. The number of aromatic nitrogens is 2. The molecule has 2 atom stereocenters. The number of alkyl halides is 5. The maximum atomic E-state index is 14.6. The number of pyridine rings is 1. The second-order valence-corrected chi connectivity index (χ2v) is 9.94. The lowest BCUT2D eigenvalue weighted by Gasteiger charge is -2.43. The van der Waals surface area contributed by atoms with Crippen LogP contribution in [0.2, 0.25) is 0 Å². The van der Waals surface area contributed by atoms with Gasteiger partial charge >= 0.3 is 6.18 Å². The van der Waals surface area contributed by atoms with Gasteiger partial charge in [-0.15, -0.1) is 11.3 Å². The Hall–Kier alpha value is -3.15. The Morgan fingerprint density at radius 2 is 1.94 bits per heavy atom. The molecule has 1 aliphatic heterocycles. The summed E-state index contributed by atoms with van der Waals surface area (Å²) in [6, 6.07) is 7.07. The summed E-state index contributed by atoms with van der Waals surface area (Å²) in [6.45, 7) is 2.31. The number of nitrogens with one attached hydrogen (secondary N) is 1. The minimum absolute atomic E-state index is 0.0283. The number of carbonyl (C=O) groups is 1. The van der Waals surface area contributed by atoms with Gasteiger partial charge in [-0.2, -0.15) is 13.2 Å². The minimum Gasteiger partial charge on any atom is -0.368 e. The van der Waals surface area contributed by atoms with Crippen LogP contribution in [-0.2, 0) is 6.18 Å². The first-order chi connectivity index (χ1) is 16.9. The van der Waals surface area contributed by atoms with E-state index in [2.05, 4.69) is 15.3 Å².